The molecule has 0 saturated carbocycles. The first-order valence-corrected chi connectivity index (χ1v) is 13.6. The number of rotatable bonds is 4. The fourth-order valence-electron chi connectivity index (χ4n) is 5.49. The van der Waals surface area contributed by atoms with Crippen LogP contribution in [-0.2, 0) is 0 Å². The summed E-state index contributed by atoms with van der Waals surface area (Å²) in [6.07, 6.45) is 0. The van der Waals surface area contributed by atoms with Gasteiger partial charge in [-0.1, -0.05) is 115 Å². The Labute approximate surface area is 236 Å². The van der Waals surface area contributed by atoms with Gasteiger partial charge in [0, 0.05) is 27.5 Å². The van der Waals surface area contributed by atoms with Crippen LogP contribution in [-0.4, -0.2) is 15.0 Å². The maximum atomic E-state index is 6.54. The monoisotopic (exact) mass is 525 g/mol. The molecule has 0 aliphatic rings. The molecule has 192 valence electrons. The topological polar surface area (TPSA) is 51.8 Å². The SMILES string of the molecule is c1ccc(-c2cc(-c3nc(-c4ccccc4)nc(-c4ccccc4)n3)c3c(c2)oc2cc4ccccc4cc23)cc1. The normalized spacial score (nSPS) is 11.4. The minimum Gasteiger partial charge on any atom is -0.456 e. The summed E-state index contributed by atoms with van der Waals surface area (Å²) in [7, 11) is 0. The van der Waals surface area contributed by atoms with Crippen LogP contribution in [0.1, 0.15) is 0 Å². The first kappa shape index (κ1) is 23.3. The van der Waals surface area contributed by atoms with Crippen molar-refractivity contribution in [3.8, 4) is 45.3 Å². The van der Waals surface area contributed by atoms with Crippen molar-refractivity contribution in [2.75, 3.05) is 0 Å². The van der Waals surface area contributed by atoms with Crippen molar-refractivity contribution in [3.05, 3.63) is 140 Å². The molecule has 8 aromatic rings. The third-order valence-electron chi connectivity index (χ3n) is 7.49. The first-order chi connectivity index (χ1) is 20.3. The summed E-state index contributed by atoms with van der Waals surface area (Å²) in [4.78, 5) is 15.0. The van der Waals surface area contributed by atoms with Crippen molar-refractivity contribution in [1.29, 1.82) is 0 Å². The summed E-state index contributed by atoms with van der Waals surface area (Å²) in [5.74, 6) is 1.87. The van der Waals surface area contributed by atoms with Crippen LogP contribution in [0.4, 0.5) is 0 Å². The van der Waals surface area contributed by atoms with Gasteiger partial charge in [-0.15, -0.1) is 0 Å². The molecule has 0 N–H and O–H groups in total. The second-order valence-electron chi connectivity index (χ2n) is 10.1. The van der Waals surface area contributed by atoms with Crippen LogP contribution < -0.4 is 0 Å². The third-order valence-corrected chi connectivity index (χ3v) is 7.49. The number of hydrogen-bond donors (Lipinski definition) is 0. The van der Waals surface area contributed by atoms with Crippen molar-refractivity contribution in [2.24, 2.45) is 0 Å². The highest BCUT2D eigenvalue weighted by Crippen LogP contribution is 2.41. The summed E-state index contributed by atoms with van der Waals surface area (Å²) in [5, 5.41) is 4.33. The van der Waals surface area contributed by atoms with E-state index in [2.05, 4.69) is 72.8 Å². The average molecular weight is 526 g/mol. The molecule has 6 aromatic carbocycles. The number of fused-ring (bicyclic) bond motifs is 4. The third kappa shape index (κ3) is 4.14. The van der Waals surface area contributed by atoms with E-state index in [1.807, 2.05) is 66.7 Å². The molecule has 8 rings (SSSR count). The summed E-state index contributed by atoms with van der Waals surface area (Å²) < 4.78 is 6.54. The van der Waals surface area contributed by atoms with E-state index in [4.69, 9.17) is 19.4 Å². The van der Waals surface area contributed by atoms with Crippen LogP contribution in [0.2, 0.25) is 0 Å². The molecule has 2 heterocycles. The number of benzene rings is 6. The molecule has 4 nitrogen and oxygen atoms in total. The minimum absolute atomic E-state index is 0.608. The van der Waals surface area contributed by atoms with Gasteiger partial charge in [-0.3, -0.25) is 0 Å². The Kier molecular flexibility index (Phi) is 5.42. The van der Waals surface area contributed by atoms with Gasteiger partial charge in [0.25, 0.3) is 0 Å². The fourth-order valence-corrected chi connectivity index (χ4v) is 5.49. The van der Waals surface area contributed by atoms with E-state index in [0.29, 0.717) is 17.5 Å². The second-order valence-corrected chi connectivity index (χ2v) is 10.1. The lowest BCUT2D eigenvalue weighted by molar-refractivity contribution is 0.669. The maximum Gasteiger partial charge on any atom is 0.164 e. The van der Waals surface area contributed by atoms with Gasteiger partial charge in [-0.05, 0) is 46.2 Å². The Bertz CT molecular complexity index is 2130. The summed E-state index contributed by atoms with van der Waals surface area (Å²) in [6.45, 7) is 0. The molecule has 4 heteroatoms. The fraction of sp³-hybridized carbons (Fsp3) is 0. The molecule has 41 heavy (non-hydrogen) atoms. The lowest BCUT2D eigenvalue weighted by Crippen LogP contribution is -2.00. The number of hydrogen-bond acceptors (Lipinski definition) is 4. The van der Waals surface area contributed by atoms with E-state index in [-0.39, 0.29) is 0 Å². The van der Waals surface area contributed by atoms with Gasteiger partial charge in [-0.25, -0.2) is 15.0 Å². The Morgan fingerprint density at radius 3 is 1.51 bits per heavy atom. The van der Waals surface area contributed by atoms with Crippen LogP contribution in [0.5, 0.6) is 0 Å². The molecule has 0 amide bonds. The predicted molar refractivity (Wildman–Crippen MR) is 166 cm³/mol. The van der Waals surface area contributed by atoms with Crippen molar-refractivity contribution >= 4 is 32.7 Å². The van der Waals surface area contributed by atoms with E-state index < -0.39 is 0 Å². The molecule has 0 saturated heterocycles. The molecule has 0 radical (unpaired) electrons. The van der Waals surface area contributed by atoms with E-state index in [1.165, 1.54) is 0 Å². The van der Waals surface area contributed by atoms with Gasteiger partial charge in [-0.2, -0.15) is 0 Å². The average Bonchev–Trinajstić information content (AvgIpc) is 3.41. The molecule has 0 aliphatic heterocycles. The predicted octanol–water partition coefficient (Wildman–Crippen LogP) is 9.59. The Hall–Kier alpha value is -5.61. The Balaban J connectivity index is 1.47. The van der Waals surface area contributed by atoms with E-state index in [0.717, 1.165) is 60.5 Å². The lowest BCUT2D eigenvalue weighted by Gasteiger charge is -2.11. The minimum atomic E-state index is 0.608. The van der Waals surface area contributed by atoms with Crippen LogP contribution in [0.3, 0.4) is 0 Å². The Morgan fingerprint density at radius 1 is 0.390 bits per heavy atom. The zero-order valence-corrected chi connectivity index (χ0v) is 22.0. The molecule has 0 aliphatic carbocycles. The van der Waals surface area contributed by atoms with Gasteiger partial charge in [0.2, 0.25) is 0 Å². The molecule has 0 unspecified atom stereocenters. The second kappa shape index (κ2) is 9.54. The van der Waals surface area contributed by atoms with Gasteiger partial charge in [0.15, 0.2) is 17.5 Å². The number of furan rings is 1. The zero-order valence-electron chi connectivity index (χ0n) is 22.0. The Morgan fingerprint density at radius 2 is 0.902 bits per heavy atom. The number of nitrogens with zero attached hydrogens (tertiary/aromatic N) is 3. The quantitative estimate of drug-likeness (QED) is 0.230. The van der Waals surface area contributed by atoms with Crippen LogP contribution in [0, 0.1) is 0 Å². The van der Waals surface area contributed by atoms with Crippen molar-refractivity contribution < 1.29 is 4.42 Å². The molecule has 0 spiro atoms. The molecule has 2 aromatic heterocycles. The van der Waals surface area contributed by atoms with Gasteiger partial charge in [0.05, 0.1) is 0 Å². The van der Waals surface area contributed by atoms with Gasteiger partial charge >= 0.3 is 0 Å². The smallest absolute Gasteiger partial charge is 0.164 e. The molecule has 0 fully saturated rings. The standard InChI is InChI=1S/C37H23N3O/c1-4-12-24(13-5-1)29-21-31(34-30-20-27-18-10-11-19-28(27)22-32(30)41-33(34)23-29)37-39-35(25-14-6-2-7-15-25)38-36(40-37)26-16-8-3-9-17-26/h1-23H. The van der Waals surface area contributed by atoms with E-state index in [1.54, 1.807) is 0 Å². The lowest BCUT2D eigenvalue weighted by atomic mass is 9.97. The highest BCUT2D eigenvalue weighted by atomic mass is 16.3. The largest absolute Gasteiger partial charge is 0.456 e. The number of aromatic nitrogens is 3. The molecule has 0 atom stereocenters. The van der Waals surface area contributed by atoms with Crippen LogP contribution >= 0.6 is 0 Å². The highest BCUT2D eigenvalue weighted by molar-refractivity contribution is 6.16. The van der Waals surface area contributed by atoms with Crippen LogP contribution in [0.15, 0.2) is 144 Å². The highest BCUT2D eigenvalue weighted by Gasteiger charge is 2.20. The van der Waals surface area contributed by atoms with Crippen molar-refractivity contribution in [2.45, 2.75) is 0 Å². The van der Waals surface area contributed by atoms with Crippen LogP contribution in [0.25, 0.3) is 78.0 Å². The first-order valence-electron chi connectivity index (χ1n) is 13.6. The zero-order chi connectivity index (χ0) is 27.2. The van der Waals surface area contributed by atoms with Gasteiger partial charge in [0.1, 0.15) is 11.2 Å². The van der Waals surface area contributed by atoms with Crippen molar-refractivity contribution in [1.82, 2.24) is 15.0 Å². The molecular formula is C37H23N3O. The maximum absolute atomic E-state index is 6.54. The van der Waals surface area contributed by atoms with E-state index in [9.17, 15) is 0 Å². The molecule has 0 bridgehead atoms. The molecular weight excluding hydrogens is 502 g/mol. The summed E-state index contributed by atoms with van der Waals surface area (Å²) in [6, 6.07) is 47.5. The van der Waals surface area contributed by atoms with E-state index >= 15 is 0 Å². The summed E-state index contributed by atoms with van der Waals surface area (Å²) >= 11 is 0. The van der Waals surface area contributed by atoms with Crippen molar-refractivity contribution in [3.63, 3.8) is 0 Å². The summed E-state index contributed by atoms with van der Waals surface area (Å²) in [5.41, 5.74) is 6.56. The van der Waals surface area contributed by atoms with Gasteiger partial charge < -0.3 is 4.42 Å².